The zero-order valence-corrected chi connectivity index (χ0v) is 38.8. The first kappa shape index (κ1) is 56.8. The molecule has 0 bridgehead atoms. The lowest BCUT2D eigenvalue weighted by Crippen LogP contribution is -2.55. The Morgan fingerprint density at radius 3 is 1.58 bits per heavy atom. The molecule has 1 aromatic carbocycles. The standard InChI is InChI=1S/C45H79N13O8/c46-18-2-5-20-49-27-15-40(62)53-24-8-7-22-51-29-17-41(63)54-25-9-6-21-50-28-16-39(61)52-23-3-1-4-26-55-44(65)36(31-38(48)60)58-45(66)35(13-11-19-47)57-42(64)30-33-32-56-34-12-10-14-37(59)43(33)34/h10,12,14,32,35-36,49-51,56,59H,1-9,11,13,15-31,46-47H2,(H2,48,60)(H,52,61)(H,53,62)(H,54,63)(H,55,65)(H,57,64)(H,58,66). The number of nitrogens with two attached hydrogens (primary N) is 3. The largest absolute Gasteiger partial charge is 0.507 e. The lowest BCUT2D eigenvalue weighted by atomic mass is 10.1. The highest BCUT2D eigenvalue weighted by atomic mass is 16.3. The number of unbranched alkanes of at least 4 members (excludes halogenated alkanes) is 5. The van der Waals surface area contributed by atoms with Gasteiger partial charge in [-0.05, 0) is 121 Å². The van der Waals surface area contributed by atoms with Gasteiger partial charge in [-0.15, -0.1) is 0 Å². The Bertz CT molecular complexity index is 1740. The van der Waals surface area contributed by atoms with Gasteiger partial charge in [0.1, 0.15) is 17.8 Å². The van der Waals surface area contributed by atoms with Gasteiger partial charge in [0, 0.05) is 82.2 Å². The third-order valence-electron chi connectivity index (χ3n) is 10.6. The summed E-state index contributed by atoms with van der Waals surface area (Å²) in [5, 5.41) is 37.3. The first-order valence-electron chi connectivity index (χ1n) is 23.7. The number of amides is 7. The maximum atomic E-state index is 13.3. The summed E-state index contributed by atoms with van der Waals surface area (Å²) >= 11 is 0. The second kappa shape index (κ2) is 35.9. The number of fused-ring (bicyclic) bond motifs is 1. The summed E-state index contributed by atoms with van der Waals surface area (Å²) in [7, 11) is 0. The molecule has 2 aromatic rings. The number of phenols is 1. The van der Waals surface area contributed by atoms with E-state index in [2.05, 4.69) is 52.8 Å². The number of primary amides is 1. The molecule has 0 radical (unpaired) electrons. The molecule has 7 amide bonds. The van der Waals surface area contributed by atoms with Crippen LogP contribution in [0.4, 0.5) is 0 Å². The van der Waals surface area contributed by atoms with Crippen LogP contribution in [0.2, 0.25) is 0 Å². The van der Waals surface area contributed by atoms with Crippen LogP contribution in [0.5, 0.6) is 5.75 Å². The number of nitrogens with one attached hydrogen (secondary N) is 10. The summed E-state index contributed by atoms with van der Waals surface area (Å²) in [5.74, 6) is -2.52. The lowest BCUT2D eigenvalue weighted by molar-refractivity contribution is -0.133. The Balaban J connectivity index is 1.48. The van der Waals surface area contributed by atoms with Crippen molar-refractivity contribution in [2.75, 3.05) is 78.5 Å². The maximum absolute atomic E-state index is 13.3. The highest BCUT2D eigenvalue weighted by molar-refractivity contribution is 5.96. The van der Waals surface area contributed by atoms with Crippen molar-refractivity contribution in [3.05, 3.63) is 30.0 Å². The molecule has 2 atom stereocenters. The summed E-state index contributed by atoms with van der Waals surface area (Å²) in [6, 6.07) is 2.67. The monoisotopic (exact) mass is 930 g/mol. The van der Waals surface area contributed by atoms with Crippen molar-refractivity contribution in [2.45, 2.75) is 115 Å². The van der Waals surface area contributed by atoms with Crippen molar-refractivity contribution in [3.63, 3.8) is 0 Å². The second-order valence-corrected chi connectivity index (χ2v) is 16.3. The van der Waals surface area contributed by atoms with E-state index >= 15 is 0 Å². The Kier molecular flexibility index (Phi) is 30.8. The third-order valence-corrected chi connectivity index (χ3v) is 10.6. The topological polar surface area (TPSA) is 342 Å². The van der Waals surface area contributed by atoms with Gasteiger partial charge in [0.05, 0.1) is 12.8 Å². The number of hydrogen-bond donors (Lipinski definition) is 14. The van der Waals surface area contributed by atoms with Gasteiger partial charge in [-0.2, -0.15) is 0 Å². The molecule has 1 aromatic heterocycles. The molecule has 0 saturated heterocycles. The maximum Gasteiger partial charge on any atom is 0.243 e. The second-order valence-electron chi connectivity index (χ2n) is 16.3. The molecule has 2 rings (SSSR count). The van der Waals surface area contributed by atoms with E-state index in [0.29, 0.717) is 107 Å². The van der Waals surface area contributed by atoms with Crippen molar-refractivity contribution in [1.82, 2.24) is 52.8 Å². The molecule has 21 heteroatoms. The zero-order chi connectivity index (χ0) is 48.2. The quantitative estimate of drug-likeness (QED) is 0.0353. The van der Waals surface area contributed by atoms with Crippen LogP contribution in [-0.2, 0) is 40.0 Å². The molecule has 0 saturated carbocycles. The number of aromatic hydroxyl groups is 1. The normalized spacial score (nSPS) is 12.0. The summed E-state index contributed by atoms with van der Waals surface area (Å²) in [4.78, 5) is 90.3. The van der Waals surface area contributed by atoms with Gasteiger partial charge in [0.15, 0.2) is 0 Å². The van der Waals surface area contributed by atoms with Gasteiger partial charge >= 0.3 is 0 Å². The Hall–Kier alpha value is -5.35. The average molecular weight is 930 g/mol. The Morgan fingerprint density at radius 2 is 1.05 bits per heavy atom. The highest BCUT2D eigenvalue weighted by Gasteiger charge is 2.28. The highest BCUT2D eigenvalue weighted by Crippen LogP contribution is 2.27. The van der Waals surface area contributed by atoms with Gasteiger partial charge in [-0.1, -0.05) is 6.07 Å². The van der Waals surface area contributed by atoms with Crippen LogP contribution in [0.3, 0.4) is 0 Å². The SMILES string of the molecule is NCCCCNCCC(=O)NCCCCNCCC(=O)NCCCCNCCC(=O)NCCCCCNC(=O)C(CC(N)=O)NC(=O)C(CCCN)NC(=O)Cc1c[nH]c2cccc(O)c12. The van der Waals surface area contributed by atoms with Crippen molar-refractivity contribution >= 4 is 52.3 Å². The first-order chi connectivity index (χ1) is 31.9. The van der Waals surface area contributed by atoms with E-state index in [4.69, 9.17) is 17.2 Å². The van der Waals surface area contributed by atoms with Gasteiger partial charge in [-0.3, -0.25) is 33.6 Å². The van der Waals surface area contributed by atoms with E-state index in [0.717, 1.165) is 58.2 Å². The van der Waals surface area contributed by atoms with Crippen molar-refractivity contribution in [3.8, 4) is 5.75 Å². The molecule has 66 heavy (non-hydrogen) atoms. The van der Waals surface area contributed by atoms with Crippen molar-refractivity contribution in [1.29, 1.82) is 0 Å². The number of rotatable bonds is 40. The minimum Gasteiger partial charge on any atom is -0.507 e. The molecular weight excluding hydrogens is 851 g/mol. The number of phenolic OH excluding ortho intramolecular Hbond substituents is 1. The molecule has 0 spiro atoms. The number of aromatic amines is 1. The van der Waals surface area contributed by atoms with Crippen molar-refractivity contribution in [2.24, 2.45) is 17.2 Å². The molecule has 2 unspecified atom stereocenters. The smallest absolute Gasteiger partial charge is 0.243 e. The van der Waals surface area contributed by atoms with Gasteiger partial charge in [0.2, 0.25) is 41.4 Å². The fourth-order valence-electron chi connectivity index (χ4n) is 6.90. The zero-order valence-electron chi connectivity index (χ0n) is 38.8. The molecule has 21 nitrogen and oxygen atoms in total. The minimum absolute atomic E-state index is 0.00574. The van der Waals surface area contributed by atoms with Crippen LogP contribution in [0.1, 0.15) is 102 Å². The fourth-order valence-corrected chi connectivity index (χ4v) is 6.90. The molecule has 17 N–H and O–H groups in total. The van der Waals surface area contributed by atoms with E-state index in [1.807, 2.05) is 0 Å². The third kappa shape index (κ3) is 26.6. The minimum atomic E-state index is -1.25. The summed E-state index contributed by atoms with van der Waals surface area (Å²) in [6.45, 7) is 7.16. The number of H-pyrrole nitrogens is 1. The molecule has 0 aliphatic rings. The number of aromatic nitrogens is 1. The van der Waals surface area contributed by atoms with E-state index in [-0.39, 0.29) is 49.4 Å². The molecule has 0 fully saturated rings. The summed E-state index contributed by atoms with van der Waals surface area (Å²) in [6.07, 6.45) is 10.3. The molecule has 0 aliphatic carbocycles. The van der Waals surface area contributed by atoms with Crippen LogP contribution in [0, 0.1) is 0 Å². The average Bonchev–Trinajstić information content (AvgIpc) is 3.70. The lowest BCUT2D eigenvalue weighted by Gasteiger charge is -2.22. The van der Waals surface area contributed by atoms with Gasteiger partial charge in [0.25, 0.3) is 0 Å². The molecular formula is C45H79N13O8. The summed E-state index contributed by atoms with van der Waals surface area (Å²) < 4.78 is 0. The van der Waals surface area contributed by atoms with Crippen LogP contribution in [0.15, 0.2) is 24.4 Å². The van der Waals surface area contributed by atoms with E-state index in [1.54, 1.807) is 18.3 Å². The predicted molar refractivity (Wildman–Crippen MR) is 255 cm³/mol. The van der Waals surface area contributed by atoms with E-state index in [1.165, 1.54) is 6.07 Å². The number of benzene rings is 1. The Labute approximate surface area is 389 Å². The number of carbonyl (C=O) groups is 7. The molecule has 372 valence electrons. The van der Waals surface area contributed by atoms with Crippen LogP contribution < -0.4 is 65.1 Å². The van der Waals surface area contributed by atoms with E-state index in [9.17, 15) is 38.7 Å². The Morgan fingerprint density at radius 1 is 0.545 bits per heavy atom. The summed E-state index contributed by atoms with van der Waals surface area (Å²) in [5.41, 5.74) is 17.7. The first-order valence-corrected chi connectivity index (χ1v) is 23.7. The molecule has 1 heterocycles. The molecule has 0 aliphatic heterocycles. The van der Waals surface area contributed by atoms with Gasteiger partial charge in [-0.25, -0.2) is 0 Å². The van der Waals surface area contributed by atoms with Crippen LogP contribution in [0.25, 0.3) is 10.9 Å². The van der Waals surface area contributed by atoms with Crippen molar-refractivity contribution < 1.29 is 38.7 Å². The van der Waals surface area contributed by atoms with Crippen LogP contribution >= 0.6 is 0 Å². The van der Waals surface area contributed by atoms with E-state index < -0.39 is 42.1 Å². The predicted octanol–water partition coefficient (Wildman–Crippen LogP) is -1.13. The van der Waals surface area contributed by atoms with Crippen LogP contribution in [-0.4, -0.2) is 142 Å². The van der Waals surface area contributed by atoms with Gasteiger partial charge < -0.3 is 75.1 Å². The number of hydrogen-bond acceptors (Lipinski definition) is 13. The fraction of sp³-hybridized carbons (Fsp3) is 0.667. The number of carbonyl (C=O) groups excluding carboxylic acids is 7.